The van der Waals surface area contributed by atoms with Crippen LogP contribution in [0.25, 0.3) is 0 Å². The summed E-state index contributed by atoms with van der Waals surface area (Å²) >= 11 is 3.34. The average Bonchev–Trinajstić information content (AvgIpc) is 2.30. The van der Waals surface area contributed by atoms with Crippen molar-refractivity contribution in [2.75, 3.05) is 18.5 Å². The monoisotopic (exact) mass is 270 g/mol. The van der Waals surface area contributed by atoms with E-state index in [4.69, 9.17) is 4.74 Å². The van der Waals surface area contributed by atoms with Gasteiger partial charge in [-0.3, -0.25) is 4.79 Å². The van der Waals surface area contributed by atoms with Crippen LogP contribution in [0.15, 0.2) is 30.3 Å². The Labute approximate surface area is 98.8 Å². The predicted octanol–water partition coefficient (Wildman–Crippen LogP) is 3.06. The van der Waals surface area contributed by atoms with E-state index in [1.165, 1.54) is 0 Å². The van der Waals surface area contributed by atoms with E-state index < -0.39 is 0 Å². The third-order valence-electron chi connectivity index (χ3n) is 2.00. The molecule has 0 aliphatic rings. The van der Waals surface area contributed by atoms with E-state index >= 15 is 0 Å². The zero-order valence-corrected chi connectivity index (χ0v) is 10.2. The molecule has 0 bridgehead atoms. The summed E-state index contributed by atoms with van der Waals surface area (Å²) < 4.78 is 5.28. The van der Waals surface area contributed by atoms with E-state index in [1.54, 1.807) is 0 Å². The first-order valence-electron chi connectivity index (χ1n) is 5.06. The van der Waals surface area contributed by atoms with Gasteiger partial charge in [0.15, 0.2) is 5.78 Å². The fraction of sp³-hybridized carbons (Fsp3) is 0.417. The van der Waals surface area contributed by atoms with Crippen molar-refractivity contribution < 1.29 is 9.53 Å². The fourth-order valence-electron chi connectivity index (χ4n) is 1.17. The Morgan fingerprint density at radius 3 is 2.60 bits per heavy atom. The number of Topliss-reactive ketones (excluding diaryl/α,β-unsaturated/α-hetero) is 1. The summed E-state index contributed by atoms with van der Waals surface area (Å²) in [7, 11) is 0. The summed E-state index contributed by atoms with van der Waals surface area (Å²) in [6, 6.07) is 9.23. The molecule has 0 spiro atoms. The molecule has 0 heterocycles. The molecule has 0 atom stereocenters. The molecule has 0 saturated heterocycles. The second kappa shape index (κ2) is 7.60. The third-order valence-corrected chi connectivity index (χ3v) is 2.56. The summed E-state index contributed by atoms with van der Waals surface area (Å²) in [6.45, 7) is 0.844. The highest BCUT2D eigenvalue weighted by Crippen LogP contribution is 2.01. The third kappa shape index (κ3) is 5.09. The highest BCUT2D eigenvalue weighted by atomic mass is 79.9. The lowest BCUT2D eigenvalue weighted by molar-refractivity contribution is 0.0755. The number of carbonyl (C=O) groups is 1. The molecule has 0 unspecified atom stereocenters. The SMILES string of the molecule is O=C(COCCCCBr)c1ccccc1. The minimum atomic E-state index is 0.0504. The van der Waals surface area contributed by atoms with E-state index in [2.05, 4.69) is 15.9 Å². The lowest BCUT2D eigenvalue weighted by Gasteiger charge is -2.02. The standard InChI is InChI=1S/C12H15BrO2/c13-8-4-5-9-15-10-12(14)11-6-2-1-3-7-11/h1-3,6-7H,4-5,8-10H2. The van der Waals surface area contributed by atoms with Crippen LogP contribution in [0, 0.1) is 0 Å². The lowest BCUT2D eigenvalue weighted by atomic mass is 10.1. The number of rotatable bonds is 7. The summed E-state index contributed by atoms with van der Waals surface area (Å²) in [4.78, 5) is 11.5. The van der Waals surface area contributed by atoms with Gasteiger partial charge in [-0.15, -0.1) is 0 Å². The second-order valence-electron chi connectivity index (χ2n) is 3.24. The van der Waals surface area contributed by atoms with Crippen LogP contribution in [-0.2, 0) is 4.74 Å². The van der Waals surface area contributed by atoms with Crippen molar-refractivity contribution in [1.82, 2.24) is 0 Å². The molecule has 0 fully saturated rings. The molecule has 0 aliphatic carbocycles. The summed E-state index contributed by atoms with van der Waals surface area (Å²) in [6.07, 6.45) is 2.08. The van der Waals surface area contributed by atoms with E-state index in [9.17, 15) is 4.79 Å². The van der Waals surface area contributed by atoms with Gasteiger partial charge in [-0.25, -0.2) is 0 Å². The molecule has 0 aromatic heterocycles. The molecule has 15 heavy (non-hydrogen) atoms. The fourth-order valence-corrected chi connectivity index (χ4v) is 1.57. The Hall–Kier alpha value is -0.670. The average molecular weight is 271 g/mol. The van der Waals surface area contributed by atoms with Gasteiger partial charge in [-0.1, -0.05) is 46.3 Å². The van der Waals surface area contributed by atoms with Gasteiger partial charge in [-0.2, -0.15) is 0 Å². The largest absolute Gasteiger partial charge is 0.373 e. The molecule has 1 rings (SSSR count). The molecule has 0 saturated carbocycles. The molecular formula is C12H15BrO2. The first kappa shape index (κ1) is 12.4. The van der Waals surface area contributed by atoms with Crippen molar-refractivity contribution in [3.8, 4) is 0 Å². The first-order valence-corrected chi connectivity index (χ1v) is 6.18. The topological polar surface area (TPSA) is 26.3 Å². The van der Waals surface area contributed by atoms with E-state index in [-0.39, 0.29) is 12.4 Å². The Morgan fingerprint density at radius 1 is 1.20 bits per heavy atom. The molecule has 0 aliphatic heterocycles. The van der Waals surface area contributed by atoms with Crippen molar-refractivity contribution in [1.29, 1.82) is 0 Å². The number of carbonyl (C=O) groups excluding carboxylic acids is 1. The van der Waals surface area contributed by atoms with Crippen molar-refractivity contribution in [3.05, 3.63) is 35.9 Å². The van der Waals surface area contributed by atoms with Crippen LogP contribution >= 0.6 is 15.9 Å². The van der Waals surface area contributed by atoms with Gasteiger partial charge in [0.05, 0.1) is 0 Å². The van der Waals surface area contributed by atoms with E-state index in [0.717, 1.165) is 23.7 Å². The van der Waals surface area contributed by atoms with Crippen molar-refractivity contribution >= 4 is 21.7 Å². The van der Waals surface area contributed by atoms with Crippen LogP contribution in [0.4, 0.5) is 0 Å². The lowest BCUT2D eigenvalue weighted by Crippen LogP contribution is -2.09. The molecule has 0 N–H and O–H groups in total. The van der Waals surface area contributed by atoms with E-state index in [1.807, 2.05) is 30.3 Å². The van der Waals surface area contributed by atoms with Crippen molar-refractivity contribution in [2.24, 2.45) is 0 Å². The Bertz CT molecular complexity index is 285. The molecule has 0 radical (unpaired) electrons. The Kier molecular flexibility index (Phi) is 6.28. The number of ether oxygens (including phenoxy) is 1. The molecular weight excluding hydrogens is 256 g/mol. The summed E-state index contributed by atoms with van der Waals surface area (Å²) in [5.74, 6) is 0.0504. The van der Waals surface area contributed by atoms with Crippen LogP contribution in [0.1, 0.15) is 23.2 Å². The first-order chi connectivity index (χ1) is 7.34. The molecule has 1 aromatic carbocycles. The molecule has 3 heteroatoms. The normalized spacial score (nSPS) is 10.2. The maximum Gasteiger partial charge on any atom is 0.188 e. The van der Waals surface area contributed by atoms with Gasteiger partial charge in [-0.05, 0) is 12.8 Å². The second-order valence-corrected chi connectivity index (χ2v) is 4.03. The molecule has 2 nitrogen and oxygen atoms in total. The van der Waals surface area contributed by atoms with Gasteiger partial charge in [0.2, 0.25) is 0 Å². The van der Waals surface area contributed by atoms with Crippen LogP contribution in [0.3, 0.4) is 0 Å². The highest BCUT2D eigenvalue weighted by molar-refractivity contribution is 9.09. The zero-order chi connectivity index (χ0) is 10.9. The van der Waals surface area contributed by atoms with Crippen LogP contribution in [-0.4, -0.2) is 24.3 Å². The minimum absolute atomic E-state index is 0.0504. The number of unbranched alkanes of at least 4 members (excludes halogenated alkanes) is 1. The van der Waals surface area contributed by atoms with Crippen molar-refractivity contribution in [3.63, 3.8) is 0 Å². The van der Waals surface area contributed by atoms with Crippen LogP contribution < -0.4 is 0 Å². The number of halogens is 1. The van der Waals surface area contributed by atoms with Gasteiger partial charge < -0.3 is 4.74 Å². The molecule has 1 aromatic rings. The Morgan fingerprint density at radius 2 is 1.93 bits per heavy atom. The number of hydrogen-bond acceptors (Lipinski definition) is 2. The zero-order valence-electron chi connectivity index (χ0n) is 8.62. The quantitative estimate of drug-likeness (QED) is 0.433. The highest BCUT2D eigenvalue weighted by Gasteiger charge is 2.03. The number of hydrogen-bond donors (Lipinski definition) is 0. The number of alkyl halides is 1. The Balaban J connectivity index is 2.20. The summed E-state index contributed by atoms with van der Waals surface area (Å²) in [5, 5.41) is 0.989. The number of ketones is 1. The van der Waals surface area contributed by atoms with E-state index in [0.29, 0.717) is 6.61 Å². The van der Waals surface area contributed by atoms with Gasteiger partial charge in [0.25, 0.3) is 0 Å². The van der Waals surface area contributed by atoms with Gasteiger partial charge in [0.1, 0.15) is 6.61 Å². The van der Waals surface area contributed by atoms with Crippen molar-refractivity contribution in [2.45, 2.75) is 12.8 Å². The smallest absolute Gasteiger partial charge is 0.188 e. The molecule has 0 amide bonds. The predicted molar refractivity (Wildman–Crippen MR) is 64.6 cm³/mol. The van der Waals surface area contributed by atoms with Crippen LogP contribution in [0.2, 0.25) is 0 Å². The maximum atomic E-state index is 11.5. The van der Waals surface area contributed by atoms with Crippen LogP contribution in [0.5, 0.6) is 0 Å². The minimum Gasteiger partial charge on any atom is -0.373 e. The maximum absolute atomic E-state index is 11.5. The number of benzene rings is 1. The van der Waals surface area contributed by atoms with Gasteiger partial charge in [0, 0.05) is 17.5 Å². The summed E-state index contributed by atoms with van der Waals surface area (Å²) in [5.41, 5.74) is 0.720. The molecule has 82 valence electrons. The van der Waals surface area contributed by atoms with Gasteiger partial charge >= 0.3 is 0 Å².